The molecule has 4 nitrogen and oxygen atoms in total. The number of rotatable bonds is 2. The van der Waals surface area contributed by atoms with E-state index in [0.717, 1.165) is 11.5 Å². The first-order valence-corrected chi connectivity index (χ1v) is 3.99. The normalized spacial score (nSPS) is 9.64. The SMILES string of the molecule is CCOC(=O)c1snnc1C. The van der Waals surface area contributed by atoms with Crippen LogP contribution < -0.4 is 0 Å². The fourth-order valence-electron chi connectivity index (χ4n) is 0.616. The summed E-state index contributed by atoms with van der Waals surface area (Å²) in [7, 11) is 0. The van der Waals surface area contributed by atoms with Gasteiger partial charge in [0.05, 0.1) is 12.3 Å². The molecule has 1 rings (SSSR count). The second-order valence-corrected chi connectivity index (χ2v) is 2.66. The minimum absolute atomic E-state index is 0.333. The maximum Gasteiger partial charge on any atom is 0.351 e. The zero-order chi connectivity index (χ0) is 8.27. The molecule has 0 saturated carbocycles. The van der Waals surface area contributed by atoms with Gasteiger partial charge in [0.1, 0.15) is 0 Å². The van der Waals surface area contributed by atoms with E-state index in [2.05, 4.69) is 9.59 Å². The molecule has 0 spiro atoms. The van der Waals surface area contributed by atoms with Gasteiger partial charge in [0, 0.05) is 0 Å². The van der Waals surface area contributed by atoms with Crippen molar-refractivity contribution < 1.29 is 9.53 Å². The second kappa shape index (κ2) is 3.43. The summed E-state index contributed by atoms with van der Waals surface area (Å²) in [5.41, 5.74) is 0.633. The van der Waals surface area contributed by atoms with Crippen molar-refractivity contribution in [1.29, 1.82) is 0 Å². The third-order valence-electron chi connectivity index (χ3n) is 1.11. The van der Waals surface area contributed by atoms with Crippen LogP contribution in [-0.4, -0.2) is 22.2 Å². The molecule has 1 aromatic heterocycles. The van der Waals surface area contributed by atoms with Crippen LogP contribution >= 0.6 is 11.5 Å². The molecule has 0 unspecified atom stereocenters. The summed E-state index contributed by atoms with van der Waals surface area (Å²) in [5, 5.41) is 3.69. The first-order chi connectivity index (χ1) is 5.25. The molecular formula is C6H8N2O2S. The Bertz CT molecular complexity index is 259. The molecule has 0 N–H and O–H groups in total. The summed E-state index contributed by atoms with van der Waals surface area (Å²) in [4.78, 5) is 11.5. The zero-order valence-electron chi connectivity index (χ0n) is 6.33. The Morgan fingerprint density at radius 3 is 2.91 bits per heavy atom. The highest BCUT2D eigenvalue weighted by atomic mass is 32.1. The van der Waals surface area contributed by atoms with E-state index in [9.17, 15) is 4.79 Å². The Labute approximate surface area is 68.4 Å². The zero-order valence-corrected chi connectivity index (χ0v) is 7.14. The van der Waals surface area contributed by atoms with Crippen LogP contribution in [0.2, 0.25) is 0 Å². The third kappa shape index (κ3) is 1.74. The van der Waals surface area contributed by atoms with Gasteiger partial charge in [-0.15, -0.1) is 5.10 Å². The highest BCUT2D eigenvalue weighted by Crippen LogP contribution is 2.09. The van der Waals surface area contributed by atoms with Gasteiger partial charge in [0.2, 0.25) is 0 Å². The molecule has 0 aliphatic carbocycles. The largest absolute Gasteiger partial charge is 0.462 e. The molecule has 0 atom stereocenters. The predicted octanol–water partition coefficient (Wildman–Crippen LogP) is 1.02. The topological polar surface area (TPSA) is 52.1 Å². The quantitative estimate of drug-likeness (QED) is 0.625. The Balaban J connectivity index is 2.76. The highest BCUT2D eigenvalue weighted by molar-refractivity contribution is 7.07. The molecular weight excluding hydrogens is 164 g/mol. The minimum Gasteiger partial charge on any atom is -0.462 e. The molecule has 0 radical (unpaired) electrons. The standard InChI is InChI=1S/C6H8N2O2S/c1-3-10-6(9)5-4(2)7-8-11-5/h3H2,1-2H3. The number of nitrogens with zero attached hydrogens (tertiary/aromatic N) is 2. The number of aromatic nitrogens is 2. The number of hydrogen-bond acceptors (Lipinski definition) is 5. The Hall–Kier alpha value is -0.970. The number of carbonyl (C=O) groups is 1. The van der Waals surface area contributed by atoms with Crippen molar-refractivity contribution in [2.45, 2.75) is 13.8 Å². The maximum atomic E-state index is 11.0. The van der Waals surface area contributed by atoms with Crippen molar-refractivity contribution >= 4 is 17.5 Å². The Kier molecular flexibility index (Phi) is 2.53. The van der Waals surface area contributed by atoms with Crippen LogP contribution in [0, 0.1) is 6.92 Å². The molecule has 1 heterocycles. The van der Waals surface area contributed by atoms with Gasteiger partial charge in [-0.1, -0.05) is 4.49 Å². The monoisotopic (exact) mass is 172 g/mol. The van der Waals surface area contributed by atoms with Crippen LogP contribution in [0.4, 0.5) is 0 Å². The fraction of sp³-hybridized carbons (Fsp3) is 0.500. The lowest BCUT2D eigenvalue weighted by atomic mass is 10.4. The van der Waals surface area contributed by atoms with Gasteiger partial charge >= 0.3 is 5.97 Å². The molecule has 0 aromatic carbocycles. The van der Waals surface area contributed by atoms with Crippen LogP contribution in [0.15, 0.2) is 0 Å². The van der Waals surface area contributed by atoms with Gasteiger partial charge < -0.3 is 4.74 Å². The van der Waals surface area contributed by atoms with Crippen molar-refractivity contribution in [3.8, 4) is 0 Å². The molecule has 0 amide bonds. The number of carbonyl (C=O) groups excluding carboxylic acids is 1. The maximum absolute atomic E-state index is 11.0. The Morgan fingerprint density at radius 2 is 2.45 bits per heavy atom. The molecule has 60 valence electrons. The predicted molar refractivity (Wildman–Crippen MR) is 40.6 cm³/mol. The lowest BCUT2D eigenvalue weighted by molar-refractivity contribution is 0.0531. The van der Waals surface area contributed by atoms with Crippen molar-refractivity contribution in [3.05, 3.63) is 10.6 Å². The third-order valence-corrected chi connectivity index (χ3v) is 1.92. The lowest BCUT2D eigenvalue weighted by Crippen LogP contribution is -2.03. The van der Waals surface area contributed by atoms with Crippen LogP contribution in [0.1, 0.15) is 22.3 Å². The molecule has 0 fully saturated rings. The summed E-state index contributed by atoms with van der Waals surface area (Å²) in [6.07, 6.45) is 0. The summed E-state index contributed by atoms with van der Waals surface area (Å²) in [6, 6.07) is 0. The van der Waals surface area contributed by atoms with E-state index in [1.807, 2.05) is 0 Å². The van der Waals surface area contributed by atoms with E-state index >= 15 is 0 Å². The first kappa shape index (κ1) is 8.13. The smallest absolute Gasteiger partial charge is 0.351 e. The van der Waals surface area contributed by atoms with Crippen molar-refractivity contribution in [3.63, 3.8) is 0 Å². The summed E-state index contributed by atoms with van der Waals surface area (Å²) in [5.74, 6) is -0.333. The summed E-state index contributed by atoms with van der Waals surface area (Å²) in [6.45, 7) is 3.88. The lowest BCUT2D eigenvalue weighted by Gasteiger charge is -1.96. The highest BCUT2D eigenvalue weighted by Gasteiger charge is 2.12. The molecule has 0 saturated heterocycles. The molecule has 5 heteroatoms. The van der Waals surface area contributed by atoms with Gasteiger partial charge in [-0.2, -0.15) is 0 Å². The van der Waals surface area contributed by atoms with Gasteiger partial charge in [-0.3, -0.25) is 0 Å². The van der Waals surface area contributed by atoms with Gasteiger partial charge in [0.25, 0.3) is 0 Å². The van der Waals surface area contributed by atoms with Crippen molar-refractivity contribution in [1.82, 2.24) is 9.59 Å². The fourth-order valence-corrected chi connectivity index (χ4v) is 1.17. The first-order valence-electron chi connectivity index (χ1n) is 3.21. The van der Waals surface area contributed by atoms with Gasteiger partial charge in [-0.05, 0) is 25.4 Å². The van der Waals surface area contributed by atoms with E-state index in [0.29, 0.717) is 17.2 Å². The number of ether oxygens (including phenoxy) is 1. The second-order valence-electron chi connectivity index (χ2n) is 1.91. The van der Waals surface area contributed by atoms with Crippen LogP contribution in [0.3, 0.4) is 0 Å². The molecule has 0 aliphatic heterocycles. The van der Waals surface area contributed by atoms with Gasteiger partial charge in [-0.25, -0.2) is 4.79 Å². The average molecular weight is 172 g/mol. The Morgan fingerprint density at radius 1 is 1.73 bits per heavy atom. The summed E-state index contributed by atoms with van der Waals surface area (Å²) >= 11 is 1.06. The number of esters is 1. The van der Waals surface area contributed by atoms with E-state index in [-0.39, 0.29) is 5.97 Å². The summed E-state index contributed by atoms with van der Waals surface area (Å²) < 4.78 is 8.37. The molecule has 1 aromatic rings. The van der Waals surface area contributed by atoms with Gasteiger partial charge in [0.15, 0.2) is 4.88 Å². The van der Waals surface area contributed by atoms with E-state index in [1.54, 1.807) is 13.8 Å². The number of aryl methyl sites for hydroxylation is 1. The van der Waals surface area contributed by atoms with E-state index in [1.165, 1.54) is 0 Å². The molecule has 0 bridgehead atoms. The molecule has 11 heavy (non-hydrogen) atoms. The minimum atomic E-state index is -0.333. The van der Waals surface area contributed by atoms with E-state index < -0.39 is 0 Å². The van der Waals surface area contributed by atoms with Crippen LogP contribution in [-0.2, 0) is 4.74 Å². The van der Waals surface area contributed by atoms with E-state index in [4.69, 9.17) is 4.74 Å². The molecule has 0 aliphatic rings. The average Bonchev–Trinajstić information content (AvgIpc) is 2.36. The van der Waals surface area contributed by atoms with Crippen molar-refractivity contribution in [2.75, 3.05) is 6.61 Å². The van der Waals surface area contributed by atoms with Crippen LogP contribution in [0.25, 0.3) is 0 Å². The van der Waals surface area contributed by atoms with Crippen molar-refractivity contribution in [2.24, 2.45) is 0 Å². The van der Waals surface area contributed by atoms with Crippen LogP contribution in [0.5, 0.6) is 0 Å². The number of hydrogen-bond donors (Lipinski definition) is 0.